The minimum absolute atomic E-state index is 0.0518. The second-order valence-electron chi connectivity index (χ2n) is 6.24. The normalized spacial score (nSPS) is 10.5. The maximum atomic E-state index is 12.3. The zero-order valence-electron chi connectivity index (χ0n) is 15.1. The van der Waals surface area contributed by atoms with Crippen LogP contribution in [0.4, 0.5) is 11.4 Å². The number of carbonyl (C=O) groups excluding carboxylic acids is 1. The highest BCUT2D eigenvalue weighted by molar-refractivity contribution is 7.13. The molecule has 3 aromatic carbocycles. The number of nitro groups is 1. The lowest BCUT2D eigenvalue weighted by atomic mass is 10.1. The average Bonchev–Trinajstić information content (AvgIpc) is 3.25. The van der Waals surface area contributed by atoms with E-state index in [-0.39, 0.29) is 11.6 Å². The van der Waals surface area contributed by atoms with Gasteiger partial charge in [0.25, 0.3) is 11.6 Å². The first-order valence-electron chi connectivity index (χ1n) is 8.77. The van der Waals surface area contributed by atoms with Gasteiger partial charge in [-0.15, -0.1) is 11.3 Å². The first-order valence-corrected chi connectivity index (χ1v) is 9.65. The van der Waals surface area contributed by atoms with E-state index in [0.717, 1.165) is 21.8 Å². The van der Waals surface area contributed by atoms with E-state index in [4.69, 9.17) is 0 Å². The molecular formula is C22H15N3O3S. The molecule has 1 amide bonds. The molecule has 1 N–H and O–H groups in total. The number of amides is 1. The number of rotatable bonds is 5. The molecule has 142 valence electrons. The lowest BCUT2D eigenvalue weighted by Crippen LogP contribution is -2.11. The van der Waals surface area contributed by atoms with E-state index in [1.54, 1.807) is 23.5 Å². The predicted octanol–water partition coefficient (Wildman–Crippen LogP) is 5.64. The second-order valence-corrected chi connectivity index (χ2v) is 7.10. The van der Waals surface area contributed by atoms with Gasteiger partial charge in [-0.3, -0.25) is 14.9 Å². The van der Waals surface area contributed by atoms with Crippen molar-refractivity contribution in [3.8, 4) is 21.8 Å². The zero-order valence-corrected chi connectivity index (χ0v) is 15.9. The fourth-order valence-electron chi connectivity index (χ4n) is 2.78. The summed E-state index contributed by atoms with van der Waals surface area (Å²) >= 11 is 1.58. The topological polar surface area (TPSA) is 85.1 Å². The van der Waals surface area contributed by atoms with Crippen LogP contribution in [0.15, 0.2) is 84.2 Å². The fraction of sp³-hybridized carbons (Fsp3) is 0. The molecule has 6 nitrogen and oxygen atoms in total. The van der Waals surface area contributed by atoms with Gasteiger partial charge < -0.3 is 5.32 Å². The molecule has 7 heteroatoms. The first-order chi connectivity index (χ1) is 14.1. The van der Waals surface area contributed by atoms with Crippen LogP contribution in [0.2, 0.25) is 0 Å². The van der Waals surface area contributed by atoms with E-state index in [2.05, 4.69) is 10.3 Å². The molecule has 1 aromatic heterocycles. The molecule has 0 saturated carbocycles. The Morgan fingerprint density at radius 2 is 1.59 bits per heavy atom. The number of nitrogens with one attached hydrogen (secondary N) is 1. The van der Waals surface area contributed by atoms with Gasteiger partial charge in [0.1, 0.15) is 5.01 Å². The van der Waals surface area contributed by atoms with Crippen molar-refractivity contribution >= 4 is 28.6 Å². The van der Waals surface area contributed by atoms with E-state index in [1.807, 2.05) is 47.8 Å². The molecule has 4 aromatic rings. The van der Waals surface area contributed by atoms with Crippen LogP contribution in [-0.2, 0) is 0 Å². The molecule has 0 spiro atoms. The SMILES string of the molecule is O=C(Nc1ccc(-c2csc(-c3ccccc3)n2)cc1)c1ccc([N+](=O)[O-])cc1. The molecule has 0 unspecified atom stereocenters. The van der Waals surface area contributed by atoms with Crippen LogP contribution in [0.5, 0.6) is 0 Å². The molecule has 1 heterocycles. The number of hydrogen-bond acceptors (Lipinski definition) is 5. The van der Waals surface area contributed by atoms with Crippen LogP contribution in [0.25, 0.3) is 21.8 Å². The first kappa shape index (κ1) is 18.5. The summed E-state index contributed by atoms with van der Waals surface area (Å²) < 4.78 is 0. The fourth-order valence-corrected chi connectivity index (χ4v) is 3.62. The van der Waals surface area contributed by atoms with Gasteiger partial charge in [0.15, 0.2) is 0 Å². The number of anilines is 1. The molecule has 0 radical (unpaired) electrons. The maximum absolute atomic E-state index is 12.3. The molecule has 0 aliphatic rings. The highest BCUT2D eigenvalue weighted by atomic mass is 32.1. The molecule has 0 saturated heterocycles. The van der Waals surface area contributed by atoms with Crippen LogP contribution in [0.3, 0.4) is 0 Å². The Morgan fingerprint density at radius 1 is 0.897 bits per heavy atom. The summed E-state index contributed by atoms with van der Waals surface area (Å²) in [5.41, 5.74) is 3.85. The summed E-state index contributed by atoms with van der Waals surface area (Å²) in [7, 11) is 0. The second kappa shape index (κ2) is 8.04. The van der Waals surface area contributed by atoms with Gasteiger partial charge >= 0.3 is 0 Å². The summed E-state index contributed by atoms with van der Waals surface area (Å²) in [6, 6.07) is 22.9. The number of non-ortho nitro benzene ring substituents is 1. The third-order valence-corrected chi connectivity index (χ3v) is 5.20. The molecule has 0 aliphatic heterocycles. The molecule has 0 atom stereocenters. The quantitative estimate of drug-likeness (QED) is 0.346. The van der Waals surface area contributed by atoms with Gasteiger partial charge in [-0.05, 0) is 24.3 Å². The lowest BCUT2D eigenvalue weighted by molar-refractivity contribution is -0.384. The van der Waals surface area contributed by atoms with E-state index >= 15 is 0 Å². The van der Waals surface area contributed by atoms with E-state index in [0.29, 0.717) is 11.3 Å². The molecular weight excluding hydrogens is 386 g/mol. The number of thiazole rings is 1. The number of nitrogens with zero attached hydrogens (tertiary/aromatic N) is 2. The number of benzene rings is 3. The molecule has 0 aliphatic carbocycles. The zero-order chi connectivity index (χ0) is 20.2. The van der Waals surface area contributed by atoms with Crippen LogP contribution >= 0.6 is 11.3 Å². The summed E-state index contributed by atoms with van der Waals surface area (Å²) in [4.78, 5) is 27.2. The number of aromatic nitrogens is 1. The lowest BCUT2D eigenvalue weighted by Gasteiger charge is -2.06. The van der Waals surface area contributed by atoms with Crippen molar-refractivity contribution in [1.29, 1.82) is 0 Å². The molecule has 29 heavy (non-hydrogen) atoms. The van der Waals surface area contributed by atoms with Gasteiger partial charge in [-0.1, -0.05) is 42.5 Å². The van der Waals surface area contributed by atoms with Crippen molar-refractivity contribution in [2.45, 2.75) is 0 Å². The average molecular weight is 401 g/mol. The summed E-state index contributed by atoms with van der Waals surface area (Å²) in [5, 5.41) is 16.5. The Labute approximate surface area is 170 Å². The van der Waals surface area contributed by atoms with Gasteiger partial charge in [0.05, 0.1) is 10.6 Å². The van der Waals surface area contributed by atoms with Gasteiger partial charge in [0, 0.05) is 39.9 Å². The maximum Gasteiger partial charge on any atom is 0.269 e. The summed E-state index contributed by atoms with van der Waals surface area (Å²) in [6.07, 6.45) is 0. The Bertz CT molecular complexity index is 1150. The Hall–Kier alpha value is -3.84. The number of nitro benzene ring substituents is 1. The third kappa shape index (κ3) is 4.20. The largest absolute Gasteiger partial charge is 0.322 e. The van der Waals surface area contributed by atoms with Crippen molar-refractivity contribution < 1.29 is 9.72 Å². The van der Waals surface area contributed by atoms with Crippen LogP contribution < -0.4 is 5.32 Å². The van der Waals surface area contributed by atoms with Crippen LogP contribution in [0, 0.1) is 10.1 Å². The predicted molar refractivity (Wildman–Crippen MR) is 114 cm³/mol. The van der Waals surface area contributed by atoms with Gasteiger partial charge in [0.2, 0.25) is 0 Å². The van der Waals surface area contributed by atoms with Crippen molar-refractivity contribution in [2.75, 3.05) is 5.32 Å². The number of hydrogen-bond donors (Lipinski definition) is 1. The van der Waals surface area contributed by atoms with E-state index in [9.17, 15) is 14.9 Å². The Balaban J connectivity index is 1.46. The monoisotopic (exact) mass is 401 g/mol. The standard InChI is InChI=1S/C22H15N3O3S/c26-21(16-8-12-19(13-9-16)25(27)28)23-18-10-6-15(7-11-18)20-14-29-22(24-20)17-4-2-1-3-5-17/h1-14H,(H,23,26). The van der Waals surface area contributed by atoms with E-state index < -0.39 is 4.92 Å². The summed E-state index contributed by atoms with van der Waals surface area (Å²) in [6.45, 7) is 0. The third-order valence-electron chi connectivity index (χ3n) is 4.30. The highest BCUT2D eigenvalue weighted by Gasteiger charge is 2.11. The van der Waals surface area contributed by atoms with E-state index in [1.165, 1.54) is 24.3 Å². The molecule has 0 fully saturated rings. The van der Waals surface area contributed by atoms with Gasteiger partial charge in [-0.25, -0.2) is 4.98 Å². The van der Waals surface area contributed by atoms with Crippen molar-refractivity contribution in [1.82, 2.24) is 4.98 Å². The molecule has 0 bridgehead atoms. The smallest absolute Gasteiger partial charge is 0.269 e. The van der Waals surface area contributed by atoms with Crippen molar-refractivity contribution in [3.05, 3.63) is 99.9 Å². The van der Waals surface area contributed by atoms with Crippen LogP contribution in [0.1, 0.15) is 10.4 Å². The minimum atomic E-state index is -0.498. The number of carbonyl (C=O) groups is 1. The van der Waals surface area contributed by atoms with Gasteiger partial charge in [-0.2, -0.15) is 0 Å². The minimum Gasteiger partial charge on any atom is -0.322 e. The summed E-state index contributed by atoms with van der Waals surface area (Å²) in [5.74, 6) is -0.326. The van der Waals surface area contributed by atoms with Crippen molar-refractivity contribution in [3.63, 3.8) is 0 Å². The van der Waals surface area contributed by atoms with Crippen LogP contribution in [-0.4, -0.2) is 15.8 Å². The van der Waals surface area contributed by atoms with Crippen molar-refractivity contribution in [2.24, 2.45) is 0 Å². The Morgan fingerprint density at radius 3 is 2.24 bits per heavy atom. The highest BCUT2D eigenvalue weighted by Crippen LogP contribution is 2.29. The molecule has 4 rings (SSSR count). The Kier molecular flexibility index (Phi) is 5.13.